The third kappa shape index (κ3) is 4.13. The van der Waals surface area contributed by atoms with Gasteiger partial charge in [-0.3, -0.25) is 18.5 Å². The van der Waals surface area contributed by atoms with Crippen molar-refractivity contribution >= 4 is 50.9 Å². The highest BCUT2D eigenvalue weighted by molar-refractivity contribution is 9.10. The standard InChI is InChI=1S/C18H18BrClN6O3/c1-10(20)6-7-26-14-15(24(2)18(29)25(3)16(14)28)22-17(26)23-21-9-11-8-12(19)4-5-13(11)27/h4-6,8-9,27H,7H2,1-3H3,(H,22,23)/b10-6-,21-9+. The van der Waals surface area contributed by atoms with Crippen LogP contribution in [0.25, 0.3) is 11.2 Å². The number of halogens is 2. The van der Waals surface area contributed by atoms with Gasteiger partial charge < -0.3 is 5.11 Å². The first-order valence-electron chi connectivity index (χ1n) is 8.46. The Hall–Kier alpha value is -2.85. The topological polar surface area (TPSA) is 106 Å². The molecule has 0 unspecified atom stereocenters. The van der Waals surface area contributed by atoms with Crippen LogP contribution >= 0.6 is 27.5 Å². The van der Waals surface area contributed by atoms with E-state index in [-0.39, 0.29) is 29.4 Å². The highest BCUT2D eigenvalue weighted by Crippen LogP contribution is 2.21. The minimum Gasteiger partial charge on any atom is -0.507 e. The van der Waals surface area contributed by atoms with E-state index in [2.05, 4.69) is 31.4 Å². The van der Waals surface area contributed by atoms with Crippen molar-refractivity contribution < 1.29 is 5.11 Å². The molecular formula is C18H18BrClN6O3. The zero-order valence-electron chi connectivity index (χ0n) is 15.8. The summed E-state index contributed by atoms with van der Waals surface area (Å²) in [4.78, 5) is 29.3. The summed E-state index contributed by atoms with van der Waals surface area (Å²) in [6, 6.07) is 4.94. The minimum atomic E-state index is -0.481. The molecule has 0 atom stereocenters. The van der Waals surface area contributed by atoms with Crippen molar-refractivity contribution in [3.05, 3.63) is 60.2 Å². The lowest BCUT2D eigenvalue weighted by atomic mass is 10.2. The summed E-state index contributed by atoms with van der Waals surface area (Å²) in [5.41, 5.74) is 2.77. The van der Waals surface area contributed by atoms with E-state index in [4.69, 9.17) is 11.6 Å². The number of aryl methyl sites for hydroxylation is 1. The number of hydrogen-bond acceptors (Lipinski definition) is 6. The van der Waals surface area contributed by atoms with Gasteiger partial charge in [-0.05, 0) is 25.1 Å². The van der Waals surface area contributed by atoms with Gasteiger partial charge in [-0.25, -0.2) is 10.2 Å². The molecule has 0 bridgehead atoms. The number of aromatic hydroxyl groups is 1. The predicted molar refractivity (Wildman–Crippen MR) is 117 cm³/mol. The Balaban J connectivity index is 2.11. The summed E-state index contributed by atoms with van der Waals surface area (Å²) >= 11 is 9.28. The second kappa shape index (κ2) is 8.26. The molecule has 152 valence electrons. The average Bonchev–Trinajstić information content (AvgIpc) is 3.04. The number of allylic oxidation sites excluding steroid dienone is 2. The molecule has 0 saturated carbocycles. The molecule has 0 aliphatic heterocycles. The molecule has 1 aromatic carbocycles. The zero-order chi connectivity index (χ0) is 21.3. The lowest BCUT2D eigenvalue weighted by molar-refractivity contribution is 0.474. The fourth-order valence-electron chi connectivity index (χ4n) is 2.72. The molecule has 2 aromatic heterocycles. The maximum Gasteiger partial charge on any atom is 0.332 e. The van der Waals surface area contributed by atoms with E-state index in [9.17, 15) is 14.7 Å². The molecule has 0 spiro atoms. The number of phenolic OH excluding ortho intramolecular Hbond substituents is 1. The Kier molecular flexibility index (Phi) is 5.94. The average molecular weight is 482 g/mol. The van der Waals surface area contributed by atoms with Gasteiger partial charge in [0.1, 0.15) is 5.75 Å². The molecule has 0 amide bonds. The smallest absolute Gasteiger partial charge is 0.332 e. The summed E-state index contributed by atoms with van der Waals surface area (Å²) in [7, 11) is 2.95. The van der Waals surface area contributed by atoms with Gasteiger partial charge >= 0.3 is 5.69 Å². The number of phenols is 1. The van der Waals surface area contributed by atoms with Crippen LogP contribution in [0.15, 0.2) is 48.5 Å². The number of nitrogens with zero attached hydrogens (tertiary/aromatic N) is 5. The Labute approximate surface area is 178 Å². The van der Waals surface area contributed by atoms with Gasteiger partial charge in [0.05, 0.1) is 6.21 Å². The van der Waals surface area contributed by atoms with Crippen LogP contribution in [0.4, 0.5) is 5.95 Å². The van der Waals surface area contributed by atoms with Crippen LogP contribution in [0.2, 0.25) is 0 Å². The lowest BCUT2D eigenvalue weighted by Crippen LogP contribution is -2.37. The van der Waals surface area contributed by atoms with Gasteiger partial charge in [0.25, 0.3) is 5.56 Å². The number of aromatic nitrogens is 4. The number of anilines is 1. The fourth-order valence-corrected chi connectivity index (χ4v) is 3.16. The van der Waals surface area contributed by atoms with E-state index < -0.39 is 11.2 Å². The molecule has 0 saturated heterocycles. The Morgan fingerprint density at radius 1 is 1.34 bits per heavy atom. The van der Waals surface area contributed by atoms with Crippen molar-refractivity contribution in [3.63, 3.8) is 0 Å². The van der Waals surface area contributed by atoms with Crippen LogP contribution in [-0.2, 0) is 20.6 Å². The molecule has 11 heteroatoms. The van der Waals surface area contributed by atoms with Gasteiger partial charge in [0, 0.05) is 35.7 Å². The predicted octanol–water partition coefficient (Wildman–Crippen LogP) is 2.49. The first kappa shape index (κ1) is 20.9. The van der Waals surface area contributed by atoms with E-state index in [1.54, 1.807) is 29.7 Å². The van der Waals surface area contributed by atoms with E-state index in [1.807, 2.05) is 0 Å². The number of imidazole rings is 1. The largest absolute Gasteiger partial charge is 0.507 e. The van der Waals surface area contributed by atoms with Gasteiger partial charge in [-0.15, -0.1) is 0 Å². The van der Waals surface area contributed by atoms with E-state index in [0.29, 0.717) is 10.6 Å². The van der Waals surface area contributed by atoms with Crippen LogP contribution < -0.4 is 16.7 Å². The van der Waals surface area contributed by atoms with Gasteiger partial charge in [0.15, 0.2) is 11.2 Å². The summed E-state index contributed by atoms with van der Waals surface area (Å²) in [5, 5.41) is 14.6. The highest BCUT2D eigenvalue weighted by atomic mass is 79.9. The SMILES string of the molecule is C/C(Cl)=C/Cn1c(N/N=C/c2cc(Br)ccc2O)nc2c1c(=O)n(C)c(=O)n2C. The number of hydrogen-bond donors (Lipinski definition) is 2. The first-order chi connectivity index (χ1) is 13.7. The maximum atomic E-state index is 12.7. The van der Waals surface area contributed by atoms with Gasteiger partial charge in [-0.2, -0.15) is 10.1 Å². The van der Waals surface area contributed by atoms with E-state index in [0.717, 1.165) is 9.04 Å². The molecule has 3 rings (SSSR count). The van der Waals surface area contributed by atoms with Crippen LogP contribution in [0, 0.1) is 0 Å². The quantitative estimate of drug-likeness (QED) is 0.430. The van der Waals surface area contributed by atoms with E-state index >= 15 is 0 Å². The summed E-state index contributed by atoms with van der Waals surface area (Å²) in [6.07, 6.45) is 3.13. The molecule has 2 heterocycles. The second-order valence-corrected chi connectivity index (χ2v) is 7.80. The number of rotatable bonds is 5. The molecule has 0 aliphatic rings. The molecule has 9 nitrogen and oxygen atoms in total. The lowest BCUT2D eigenvalue weighted by Gasteiger charge is -2.07. The van der Waals surface area contributed by atoms with Crippen molar-refractivity contribution in [3.8, 4) is 5.75 Å². The summed E-state index contributed by atoms with van der Waals surface area (Å²) < 4.78 is 4.68. The molecular weight excluding hydrogens is 464 g/mol. The normalized spacial score (nSPS) is 12.2. The molecule has 3 aromatic rings. The Morgan fingerprint density at radius 3 is 2.76 bits per heavy atom. The zero-order valence-corrected chi connectivity index (χ0v) is 18.2. The van der Waals surface area contributed by atoms with Crippen molar-refractivity contribution in [2.24, 2.45) is 19.2 Å². The van der Waals surface area contributed by atoms with E-state index in [1.165, 1.54) is 30.9 Å². The highest BCUT2D eigenvalue weighted by Gasteiger charge is 2.18. The third-order valence-electron chi connectivity index (χ3n) is 4.26. The summed E-state index contributed by atoms with van der Waals surface area (Å²) in [5.74, 6) is 0.308. The summed E-state index contributed by atoms with van der Waals surface area (Å²) in [6.45, 7) is 1.97. The third-order valence-corrected chi connectivity index (χ3v) is 4.91. The van der Waals surface area contributed by atoms with Gasteiger partial charge in [-0.1, -0.05) is 33.6 Å². The van der Waals surface area contributed by atoms with Crippen molar-refractivity contribution in [2.75, 3.05) is 5.43 Å². The van der Waals surface area contributed by atoms with Crippen LogP contribution in [0.3, 0.4) is 0 Å². The molecule has 29 heavy (non-hydrogen) atoms. The molecule has 2 N–H and O–H groups in total. The van der Waals surface area contributed by atoms with Crippen LogP contribution in [-0.4, -0.2) is 30.0 Å². The number of benzene rings is 1. The second-order valence-electron chi connectivity index (χ2n) is 6.29. The number of fused-ring (bicyclic) bond motifs is 1. The Morgan fingerprint density at radius 2 is 2.07 bits per heavy atom. The molecule has 0 fully saturated rings. The van der Waals surface area contributed by atoms with Crippen molar-refractivity contribution in [2.45, 2.75) is 13.5 Å². The maximum absolute atomic E-state index is 12.7. The minimum absolute atomic E-state index is 0.0595. The van der Waals surface area contributed by atoms with Crippen LogP contribution in [0.5, 0.6) is 5.75 Å². The molecule has 0 radical (unpaired) electrons. The van der Waals surface area contributed by atoms with Gasteiger partial charge in [0.2, 0.25) is 5.95 Å². The number of nitrogens with one attached hydrogen (secondary N) is 1. The Bertz CT molecular complexity index is 1270. The number of hydrazone groups is 1. The molecule has 0 aliphatic carbocycles. The van der Waals surface area contributed by atoms with Crippen LogP contribution in [0.1, 0.15) is 12.5 Å². The first-order valence-corrected chi connectivity index (χ1v) is 9.64. The van der Waals surface area contributed by atoms with Crippen molar-refractivity contribution in [1.29, 1.82) is 0 Å². The fraction of sp³-hybridized carbons (Fsp3) is 0.222. The monoisotopic (exact) mass is 480 g/mol. The van der Waals surface area contributed by atoms with Crippen molar-refractivity contribution in [1.82, 2.24) is 18.7 Å².